The minimum atomic E-state index is -4.47. The van der Waals surface area contributed by atoms with Crippen LogP contribution in [0.15, 0.2) is 59.4 Å². The number of rotatable bonds is 4. The van der Waals surface area contributed by atoms with Crippen LogP contribution >= 0.6 is 0 Å². The Morgan fingerprint density at radius 3 is 2.62 bits per heavy atom. The van der Waals surface area contributed by atoms with Gasteiger partial charge in [-0.25, -0.2) is 18.9 Å². The molecule has 5 rings (SSSR count). The number of benzene rings is 2. The van der Waals surface area contributed by atoms with E-state index in [2.05, 4.69) is 15.4 Å². The molecule has 0 spiro atoms. The van der Waals surface area contributed by atoms with Crippen molar-refractivity contribution in [1.82, 2.24) is 24.5 Å². The zero-order valence-electron chi connectivity index (χ0n) is 18.1. The zero-order valence-corrected chi connectivity index (χ0v) is 18.1. The Morgan fingerprint density at radius 1 is 1.15 bits per heavy atom. The van der Waals surface area contributed by atoms with Crippen LogP contribution < -0.4 is 11.0 Å². The maximum absolute atomic E-state index is 13.1. The van der Waals surface area contributed by atoms with Gasteiger partial charge in [-0.15, -0.1) is 5.10 Å². The fourth-order valence-electron chi connectivity index (χ4n) is 4.34. The van der Waals surface area contributed by atoms with Crippen molar-refractivity contribution in [2.45, 2.75) is 38.5 Å². The van der Waals surface area contributed by atoms with Crippen molar-refractivity contribution in [1.29, 1.82) is 0 Å². The minimum Gasteiger partial charge on any atom is -0.348 e. The van der Waals surface area contributed by atoms with Crippen LogP contribution in [0.3, 0.4) is 0 Å². The number of amides is 1. The van der Waals surface area contributed by atoms with Gasteiger partial charge in [-0.1, -0.05) is 36.4 Å². The number of fused-ring (bicyclic) bond motifs is 2. The molecule has 2 heterocycles. The molecule has 7 nitrogen and oxygen atoms in total. The van der Waals surface area contributed by atoms with Crippen molar-refractivity contribution in [3.8, 4) is 11.4 Å². The first kappa shape index (κ1) is 21.9. The van der Waals surface area contributed by atoms with E-state index in [1.807, 2.05) is 24.3 Å². The van der Waals surface area contributed by atoms with E-state index in [4.69, 9.17) is 0 Å². The maximum Gasteiger partial charge on any atom is 0.416 e. The third-order valence-electron chi connectivity index (χ3n) is 5.93. The van der Waals surface area contributed by atoms with Gasteiger partial charge in [-0.2, -0.15) is 13.2 Å². The number of alkyl halides is 3. The molecule has 1 N–H and O–H groups in total. The summed E-state index contributed by atoms with van der Waals surface area (Å²) in [5.41, 5.74) is 1.99. The van der Waals surface area contributed by atoms with Crippen LogP contribution in [0, 0.1) is 6.92 Å². The van der Waals surface area contributed by atoms with E-state index in [1.54, 1.807) is 13.0 Å². The summed E-state index contributed by atoms with van der Waals surface area (Å²) in [5.74, 6) is -0.196. The van der Waals surface area contributed by atoms with Crippen LogP contribution in [-0.4, -0.2) is 25.1 Å². The third kappa shape index (κ3) is 3.95. The number of hydrogen-bond donors (Lipinski definition) is 1. The Morgan fingerprint density at radius 2 is 1.88 bits per heavy atom. The van der Waals surface area contributed by atoms with Gasteiger partial charge in [-0.05, 0) is 43.0 Å². The molecule has 0 aliphatic heterocycles. The highest BCUT2D eigenvalue weighted by Crippen LogP contribution is 2.31. The highest BCUT2D eigenvalue weighted by Gasteiger charge is 2.30. The molecule has 0 bridgehead atoms. The molecule has 0 radical (unpaired) electrons. The molecule has 0 fully saturated rings. The molecule has 4 aromatic rings. The van der Waals surface area contributed by atoms with Gasteiger partial charge in [0.25, 0.3) is 0 Å². The predicted molar refractivity (Wildman–Crippen MR) is 118 cm³/mol. The molecule has 174 valence electrons. The topological polar surface area (TPSA) is 81.3 Å². The molecule has 1 aliphatic rings. The number of nitrogens with one attached hydrogen (secondary N) is 1. The van der Waals surface area contributed by atoms with Crippen LogP contribution in [0.4, 0.5) is 13.2 Å². The normalized spacial score (nSPS) is 15.5. The summed E-state index contributed by atoms with van der Waals surface area (Å²) < 4.78 is 41.0. The SMILES string of the molecule is Cc1cc2nn(CC(=O)NC3CCc4ccccc43)c(=O)n2c(-c2ccc(C(F)(F)F)cc2)n1. The molecule has 0 saturated carbocycles. The fourth-order valence-corrected chi connectivity index (χ4v) is 4.34. The molecular weight excluding hydrogens is 447 g/mol. The molecule has 34 heavy (non-hydrogen) atoms. The van der Waals surface area contributed by atoms with Gasteiger partial charge in [0.2, 0.25) is 5.91 Å². The Kier molecular flexibility index (Phi) is 5.22. The molecule has 10 heteroatoms. The van der Waals surface area contributed by atoms with Gasteiger partial charge in [-0.3, -0.25) is 4.79 Å². The van der Waals surface area contributed by atoms with E-state index >= 15 is 0 Å². The van der Waals surface area contributed by atoms with Crippen LogP contribution in [0.5, 0.6) is 0 Å². The van der Waals surface area contributed by atoms with Gasteiger partial charge in [0, 0.05) is 17.3 Å². The van der Waals surface area contributed by atoms with E-state index in [0.717, 1.165) is 35.2 Å². The quantitative estimate of drug-likeness (QED) is 0.497. The summed E-state index contributed by atoms with van der Waals surface area (Å²) in [6.07, 6.45) is -2.81. The summed E-state index contributed by atoms with van der Waals surface area (Å²) in [7, 11) is 0. The molecule has 2 aromatic heterocycles. The molecule has 1 amide bonds. The lowest BCUT2D eigenvalue weighted by Crippen LogP contribution is -2.34. The Bertz CT molecular complexity index is 1450. The van der Waals surface area contributed by atoms with Crippen LogP contribution in [0.2, 0.25) is 0 Å². The molecule has 1 atom stereocenters. The number of nitrogens with zero attached hydrogens (tertiary/aromatic N) is 4. The highest BCUT2D eigenvalue weighted by molar-refractivity contribution is 5.76. The number of hydrogen-bond acceptors (Lipinski definition) is 4. The van der Waals surface area contributed by atoms with Gasteiger partial charge in [0.15, 0.2) is 5.65 Å². The Hall–Kier alpha value is -3.95. The van der Waals surface area contributed by atoms with Crippen molar-refractivity contribution < 1.29 is 18.0 Å². The largest absolute Gasteiger partial charge is 0.416 e. The Balaban J connectivity index is 1.44. The van der Waals surface area contributed by atoms with E-state index in [9.17, 15) is 22.8 Å². The summed E-state index contributed by atoms with van der Waals surface area (Å²) in [6, 6.07) is 13.8. The lowest BCUT2D eigenvalue weighted by molar-refractivity contribution is -0.137. The smallest absolute Gasteiger partial charge is 0.348 e. The van der Waals surface area contributed by atoms with Crippen molar-refractivity contribution in [3.63, 3.8) is 0 Å². The first-order valence-electron chi connectivity index (χ1n) is 10.7. The standard InChI is InChI=1S/C24H20F3N5O2/c1-14-12-20-30-31(13-21(33)29-19-11-8-15-4-2-3-5-18(15)19)23(34)32(20)22(28-14)16-6-9-17(10-7-16)24(25,26)27/h2-7,9-10,12,19H,8,11,13H2,1H3,(H,29,33). The Labute approximate surface area is 191 Å². The summed E-state index contributed by atoms with van der Waals surface area (Å²) in [5, 5.41) is 7.22. The molecule has 1 aliphatic carbocycles. The number of aromatic nitrogens is 4. The minimum absolute atomic E-state index is 0.122. The molecule has 1 unspecified atom stereocenters. The molecule has 0 saturated heterocycles. The summed E-state index contributed by atoms with van der Waals surface area (Å²) in [6.45, 7) is 1.41. The monoisotopic (exact) mass is 467 g/mol. The van der Waals surface area contributed by atoms with Crippen molar-refractivity contribution in [2.24, 2.45) is 0 Å². The number of carbonyl (C=O) groups excluding carboxylic acids is 1. The third-order valence-corrected chi connectivity index (χ3v) is 5.93. The number of halogens is 3. The summed E-state index contributed by atoms with van der Waals surface area (Å²) in [4.78, 5) is 30.2. The van der Waals surface area contributed by atoms with E-state index in [1.165, 1.54) is 22.1 Å². The van der Waals surface area contributed by atoms with Crippen molar-refractivity contribution in [3.05, 3.63) is 87.5 Å². The molecule has 2 aromatic carbocycles. The lowest BCUT2D eigenvalue weighted by Gasteiger charge is -2.13. The second-order valence-electron chi connectivity index (χ2n) is 8.29. The van der Waals surface area contributed by atoms with E-state index in [0.29, 0.717) is 11.3 Å². The van der Waals surface area contributed by atoms with E-state index < -0.39 is 17.4 Å². The van der Waals surface area contributed by atoms with Crippen molar-refractivity contribution in [2.75, 3.05) is 0 Å². The predicted octanol–water partition coefficient (Wildman–Crippen LogP) is 3.69. The first-order chi connectivity index (χ1) is 16.2. The van der Waals surface area contributed by atoms with E-state index in [-0.39, 0.29) is 30.0 Å². The second kappa shape index (κ2) is 8.12. The van der Waals surface area contributed by atoms with Gasteiger partial charge in [0.05, 0.1) is 11.6 Å². The zero-order chi connectivity index (χ0) is 24.0. The number of aryl methyl sites for hydroxylation is 2. The van der Waals surface area contributed by atoms with Crippen LogP contribution in [-0.2, 0) is 23.9 Å². The van der Waals surface area contributed by atoms with Crippen molar-refractivity contribution >= 4 is 11.6 Å². The average Bonchev–Trinajstić information content (AvgIpc) is 3.33. The molecular formula is C24H20F3N5O2. The second-order valence-corrected chi connectivity index (χ2v) is 8.29. The van der Waals surface area contributed by atoms with Crippen LogP contribution in [0.25, 0.3) is 17.0 Å². The van der Waals surface area contributed by atoms with Crippen LogP contribution in [0.1, 0.15) is 34.8 Å². The highest BCUT2D eigenvalue weighted by atomic mass is 19.4. The lowest BCUT2D eigenvalue weighted by atomic mass is 10.1. The van der Waals surface area contributed by atoms with Gasteiger partial charge >= 0.3 is 11.9 Å². The maximum atomic E-state index is 13.1. The van der Waals surface area contributed by atoms with Gasteiger partial charge in [0.1, 0.15) is 12.4 Å². The van der Waals surface area contributed by atoms with Gasteiger partial charge < -0.3 is 5.32 Å². The first-order valence-corrected chi connectivity index (χ1v) is 10.7. The summed E-state index contributed by atoms with van der Waals surface area (Å²) >= 11 is 0. The fraction of sp³-hybridized carbons (Fsp3) is 0.250. The average molecular weight is 467 g/mol. The number of carbonyl (C=O) groups is 1.